The van der Waals surface area contributed by atoms with Gasteiger partial charge >= 0.3 is 0 Å². The van der Waals surface area contributed by atoms with Crippen molar-refractivity contribution >= 4 is 32.8 Å². The van der Waals surface area contributed by atoms with Crippen molar-refractivity contribution < 1.29 is 32.0 Å². The van der Waals surface area contributed by atoms with Gasteiger partial charge in [0.05, 0.1) is 26.4 Å². The SMILES string of the molecule is CNCc1cc2ccccc2n1CCC(=O)N[C@@H](CS(=O)(=O)O)C(=O)NCCOCCOCCN. The van der Waals surface area contributed by atoms with Crippen molar-refractivity contribution in [1.29, 1.82) is 0 Å². The fourth-order valence-corrected chi connectivity index (χ4v) is 4.16. The average molecular weight is 514 g/mol. The first-order valence-corrected chi connectivity index (χ1v) is 13.0. The van der Waals surface area contributed by atoms with Crippen LogP contribution in [-0.2, 0) is 42.3 Å². The minimum absolute atomic E-state index is 0.0105. The van der Waals surface area contributed by atoms with E-state index in [0.29, 0.717) is 39.5 Å². The molecule has 2 aromatic rings. The summed E-state index contributed by atoms with van der Waals surface area (Å²) in [6.07, 6.45) is 0.0105. The zero-order chi connectivity index (χ0) is 25.7. The van der Waals surface area contributed by atoms with Crippen molar-refractivity contribution in [3.63, 3.8) is 0 Å². The quantitative estimate of drug-likeness (QED) is 0.134. The number of rotatable bonds is 17. The number of nitrogens with one attached hydrogen (secondary N) is 3. The lowest BCUT2D eigenvalue weighted by Crippen LogP contribution is -2.51. The minimum atomic E-state index is -4.51. The molecule has 13 heteroatoms. The van der Waals surface area contributed by atoms with Crippen LogP contribution in [0.1, 0.15) is 12.1 Å². The minimum Gasteiger partial charge on any atom is -0.378 e. The second kappa shape index (κ2) is 14.8. The Morgan fingerprint density at radius 2 is 1.86 bits per heavy atom. The molecule has 2 amide bonds. The molecule has 0 bridgehead atoms. The van der Waals surface area contributed by atoms with E-state index in [2.05, 4.69) is 16.0 Å². The Morgan fingerprint density at radius 3 is 2.54 bits per heavy atom. The van der Waals surface area contributed by atoms with Gasteiger partial charge in [-0.25, -0.2) is 0 Å². The standard InChI is InChI=1S/C22H35N5O7S/c1-24-15-18-14-17-4-2-3-5-20(17)27(18)9-6-21(28)26-19(16-35(30,31)32)22(29)25-8-11-34-13-12-33-10-7-23/h2-5,14,19,24H,6-13,15-16,23H2,1H3,(H,25,29)(H,26,28)(H,30,31,32)/t19-/m0/s1. The molecule has 1 aromatic carbocycles. The topological polar surface area (TPSA) is 174 Å². The molecule has 2 rings (SSSR count). The average Bonchev–Trinajstić information content (AvgIpc) is 3.15. The number of para-hydroxylation sites is 1. The zero-order valence-corrected chi connectivity index (χ0v) is 20.7. The number of benzene rings is 1. The number of ether oxygens (including phenoxy) is 2. The molecule has 0 unspecified atom stereocenters. The number of aryl methyl sites for hydroxylation is 1. The van der Waals surface area contributed by atoms with E-state index in [-0.39, 0.29) is 19.6 Å². The van der Waals surface area contributed by atoms with Crippen molar-refractivity contribution in [1.82, 2.24) is 20.5 Å². The second-order valence-corrected chi connectivity index (χ2v) is 9.30. The number of nitrogens with two attached hydrogens (primary N) is 1. The molecule has 1 aromatic heterocycles. The van der Waals surface area contributed by atoms with Crippen LogP contribution in [0.15, 0.2) is 30.3 Å². The van der Waals surface area contributed by atoms with Gasteiger partial charge < -0.3 is 35.7 Å². The van der Waals surface area contributed by atoms with E-state index >= 15 is 0 Å². The number of fused-ring (bicyclic) bond motifs is 1. The third-order valence-corrected chi connectivity index (χ3v) is 5.78. The van der Waals surface area contributed by atoms with Gasteiger partial charge in [-0.1, -0.05) is 18.2 Å². The van der Waals surface area contributed by atoms with Crippen LogP contribution in [0.5, 0.6) is 0 Å². The third-order valence-electron chi connectivity index (χ3n) is 5.03. The molecule has 0 saturated heterocycles. The van der Waals surface area contributed by atoms with E-state index in [4.69, 9.17) is 15.2 Å². The van der Waals surface area contributed by atoms with Gasteiger partial charge in [-0.15, -0.1) is 0 Å². The van der Waals surface area contributed by atoms with Crippen LogP contribution < -0.4 is 21.7 Å². The molecule has 35 heavy (non-hydrogen) atoms. The van der Waals surface area contributed by atoms with Crippen LogP contribution in [0.4, 0.5) is 0 Å². The van der Waals surface area contributed by atoms with Gasteiger partial charge in [-0.05, 0) is 24.6 Å². The third kappa shape index (κ3) is 10.3. The normalized spacial score (nSPS) is 12.5. The van der Waals surface area contributed by atoms with Crippen LogP contribution in [-0.4, -0.2) is 87.7 Å². The summed E-state index contributed by atoms with van der Waals surface area (Å²) in [5, 5.41) is 9.06. The Hall–Kier alpha value is -2.55. The summed E-state index contributed by atoms with van der Waals surface area (Å²) < 4.78 is 44.5. The molecule has 0 radical (unpaired) electrons. The number of amides is 2. The molecule has 0 aliphatic rings. The van der Waals surface area contributed by atoms with Gasteiger partial charge in [0.2, 0.25) is 11.8 Å². The Morgan fingerprint density at radius 1 is 1.14 bits per heavy atom. The maximum Gasteiger partial charge on any atom is 0.267 e. The van der Waals surface area contributed by atoms with Crippen molar-refractivity contribution in [2.24, 2.45) is 5.73 Å². The molecule has 0 saturated carbocycles. The first kappa shape index (κ1) is 28.7. The van der Waals surface area contributed by atoms with E-state index in [0.717, 1.165) is 16.6 Å². The Labute approximate surface area is 205 Å². The number of aromatic nitrogens is 1. The number of hydrogen-bond acceptors (Lipinski definition) is 8. The summed E-state index contributed by atoms with van der Waals surface area (Å²) in [4.78, 5) is 25.1. The predicted molar refractivity (Wildman–Crippen MR) is 131 cm³/mol. The van der Waals surface area contributed by atoms with E-state index in [1.807, 2.05) is 41.9 Å². The highest BCUT2D eigenvalue weighted by Gasteiger charge is 2.26. The van der Waals surface area contributed by atoms with E-state index in [1.165, 1.54) is 0 Å². The lowest BCUT2D eigenvalue weighted by Gasteiger charge is -2.18. The summed E-state index contributed by atoms with van der Waals surface area (Å²) in [6, 6.07) is 8.36. The lowest BCUT2D eigenvalue weighted by atomic mass is 10.2. The molecule has 12 nitrogen and oxygen atoms in total. The summed E-state index contributed by atoms with van der Waals surface area (Å²) in [5.41, 5.74) is 7.26. The van der Waals surface area contributed by atoms with Crippen molar-refractivity contribution in [3.05, 3.63) is 36.0 Å². The lowest BCUT2D eigenvalue weighted by molar-refractivity contribution is -0.128. The fourth-order valence-electron chi connectivity index (χ4n) is 3.51. The Kier molecular flexibility index (Phi) is 12.1. The summed E-state index contributed by atoms with van der Waals surface area (Å²) in [5.74, 6) is -2.19. The highest BCUT2D eigenvalue weighted by atomic mass is 32.2. The monoisotopic (exact) mass is 513 g/mol. The number of carbonyl (C=O) groups excluding carboxylic acids is 2. The van der Waals surface area contributed by atoms with Gasteiger partial charge in [0.1, 0.15) is 11.8 Å². The second-order valence-electron chi connectivity index (χ2n) is 7.80. The predicted octanol–water partition coefficient (Wildman–Crippen LogP) is -0.768. The van der Waals surface area contributed by atoms with E-state index in [1.54, 1.807) is 0 Å². The van der Waals surface area contributed by atoms with E-state index in [9.17, 15) is 22.6 Å². The van der Waals surface area contributed by atoms with Gasteiger partial charge in [0.15, 0.2) is 0 Å². The highest BCUT2D eigenvalue weighted by molar-refractivity contribution is 7.85. The van der Waals surface area contributed by atoms with E-state index < -0.39 is 33.7 Å². The Balaban J connectivity index is 1.91. The molecule has 0 fully saturated rings. The smallest absolute Gasteiger partial charge is 0.267 e. The van der Waals surface area contributed by atoms with Crippen molar-refractivity contribution in [2.75, 3.05) is 52.3 Å². The van der Waals surface area contributed by atoms with Gasteiger partial charge in [0, 0.05) is 43.8 Å². The summed E-state index contributed by atoms with van der Waals surface area (Å²) in [6.45, 7) is 2.70. The molecule has 0 spiro atoms. The highest BCUT2D eigenvalue weighted by Crippen LogP contribution is 2.20. The zero-order valence-electron chi connectivity index (χ0n) is 19.9. The van der Waals surface area contributed by atoms with Crippen LogP contribution in [0.2, 0.25) is 0 Å². The van der Waals surface area contributed by atoms with Gasteiger partial charge in [0.25, 0.3) is 10.1 Å². The van der Waals surface area contributed by atoms with Crippen molar-refractivity contribution in [2.45, 2.75) is 25.6 Å². The van der Waals surface area contributed by atoms with Crippen molar-refractivity contribution in [3.8, 4) is 0 Å². The first-order chi connectivity index (χ1) is 16.7. The van der Waals surface area contributed by atoms with Crippen LogP contribution in [0, 0.1) is 0 Å². The largest absolute Gasteiger partial charge is 0.378 e. The van der Waals surface area contributed by atoms with Crippen LogP contribution in [0.3, 0.4) is 0 Å². The molecule has 0 aliphatic carbocycles. The fraction of sp³-hybridized carbons (Fsp3) is 0.545. The Bertz CT molecular complexity index is 1060. The number of carbonyl (C=O) groups is 2. The van der Waals surface area contributed by atoms with Gasteiger partial charge in [-0.3, -0.25) is 14.1 Å². The number of hydrogen-bond donors (Lipinski definition) is 5. The van der Waals surface area contributed by atoms with Crippen LogP contribution in [0.25, 0.3) is 10.9 Å². The molecule has 196 valence electrons. The molecular weight excluding hydrogens is 478 g/mol. The maximum absolute atomic E-state index is 12.6. The maximum atomic E-state index is 12.6. The summed E-state index contributed by atoms with van der Waals surface area (Å²) in [7, 11) is -2.68. The van der Waals surface area contributed by atoms with Gasteiger partial charge in [-0.2, -0.15) is 8.42 Å². The first-order valence-electron chi connectivity index (χ1n) is 11.3. The molecule has 0 aliphatic heterocycles. The molecule has 1 heterocycles. The van der Waals surface area contributed by atoms with Crippen LogP contribution >= 0.6 is 0 Å². The molecule has 6 N–H and O–H groups in total. The number of nitrogens with zero attached hydrogens (tertiary/aromatic N) is 1. The molecule has 1 atom stereocenters. The molecular formula is C22H35N5O7S. The summed E-state index contributed by atoms with van der Waals surface area (Å²) >= 11 is 0.